The van der Waals surface area contributed by atoms with Crippen molar-refractivity contribution >= 4 is 6.09 Å². The highest BCUT2D eigenvalue weighted by Crippen LogP contribution is 2.10. The van der Waals surface area contributed by atoms with Gasteiger partial charge in [0.05, 0.1) is 0 Å². The minimum atomic E-state index is -0.467. The number of rotatable bonds is 7. The lowest BCUT2D eigenvalue weighted by Gasteiger charge is -2.21. The van der Waals surface area contributed by atoms with Crippen molar-refractivity contribution in [3.8, 4) is 0 Å². The molecule has 0 aliphatic carbocycles. The molecule has 0 saturated heterocycles. The summed E-state index contributed by atoms with van der Waals surface area (Å²) in [5, 5.41) is 14.9. The van der Waals surface area contributed by atoms with Gasteiger partial charge >= 0.3 is 6.09 Å². The van der Waals surface area contributed by atoms with Crippen LogP contribution in [0.15, 0.2) is 12.2 Å². The van der Waals surface area contributed by atoms with Gasteiger partial charge in [-0.2, -0.15) is 0 Å². The minimum absolute atomic E-state index is 0.109. The molecule has 3 N–H and O–H groups in total. The topological polar surface area (TPSA) is 70.6 Å². The van der Waals surface area contributed by atoms with Crippen molar-refractivity contribution in [3.05, 3.63) is 12.2 Å². The summed E-state index contributed by atoms with van der Waals surface area (Å²) >= 11 is 0. The summed E-state index contributed by atoms with van der Waals surface area (Å²) in [5.41, 5.74) is -0.576. The number of nitrogens with one attached hydrogen (secondary N) is 2. The molecule has 1 amide bonds. The van der Waals surface area contributed by atoms with Crippen LogP contribution in [-0.2, 0) is 4.74 Å². The van der Waals surface area contributed by atoms with E-state index in [1.54, 1.807) is 0 Å². The molecular formula is C14H28N2O3. The first-order valence-corrected chi connectivity index (χ1v) is 6.60. The predicted molar refractivity (Wildman–Crippen MR) is 77.1 cm³/mol. The number of amides is 1. The Kier molecular flexibility index (Phi) is 7.71. The van der Waals surface area contributed by atoms with E-state index in [2.05, 4.69) is 10.6 Å². The van der Waals surface area contributed by atoms with Gasteiger partial charge in [-0.25, -0.2) is 4.79 Å². The SMILES string of the molecule is CC(C)(CO)CNC/C=C/CNC(=O)OC(C)(C)C. The first-order valence-electron chi connectivity index (χ1n) is 6.60. The fourth-order valence-corrected chi connectivity index (χ4v) is 1.17. The predicted octanol–water partition coefficient (Wildman–Crippen LogP) is 1.68. The zero-order valence-corrected chi connectivity index (χ0v) is 12.7. The maximum absolute atomic E-state index is 11.3. The van der Waals surface area contributed by atoms with Gasteiger partial charge in [0, 0.05) is 31.7 Å². The molecule has 19 heavy (non-hydrogen) atoms. The van der Waals surface area contributed by atoms with Crippen molar-refractivity contribution in [2.45, 2.75) is 40.2 Å². The number of ether oxygens (including phenoxy) is 1. The van der Waals surface area contributed by atoms with E-state index in [-0.39, 0.29) is 12.0 Å². The quantitative estimate of drug-likeness (QED) is 0.487. The Balaban J connectivity index is 3.63. The molecule has 0 radical (unpaired) electrons. The summed E-state index contributed by atoms with van der Waals surface area (Å²) in [6.45, 7) is 11.5. The maximum atomic E-state index is 11.3. The van der Waals surface area contributed by atoms with Gasteiger partial charge in [0.25, 0.3) is 0 Å². The summed E-state index contributed by atoms with van der Waals surface area (Å²) in [6.07, 6.45) is 3.39. The molecule has 0 saturated carbocycles. The van der Waals surface area contributed by atoms with Crippen molar-refractivity contribution in [2.75, 3.05) is 26.2 Å². The van der Waals surface area contributed by atoms with Gasteiger partial charge in [-0.05, 0) is 20.8 Å². The van der Waals surface area contributed by atoms with Crippen LogP contribution in [-0.4, -0.2) is 43.0 Å². The summed E-state index contributed by atoms with van der Waals surface area (Å²) in [4.78, 5) is 11.3. The number of hydrogen-bond acceptors (Lipinski definition) is 4. The van der Waals surface area contributed by atoms with Gasteiger partial charge in [0.1, 0.15) is 5.60 Å². The number of carbonyl (C=O) groups is 1. The number of aliphatic hydroxyl groups is 1. The molecule has 0 aliphatic rings. The maximum Gasteiger partial charge on any atom is 0.407 e. The molecule has 0 heterocycles. The van der Waals surface area contributed by atoms with Crippen LogP contribution >= 0.6 is 0 Å². The van der Waals surface area contributed by atoms with Gasteiger partial charge in [-0.15, -0.1) is 0 Å². The average Bonchev–Trinajstić information content (AvgIpc) is 2.25. The second kappa shape index (κ2) is 8.17. The van der Waals surface area contributed by atoms with Gasteiger partial charge in [0.15, 0.2) is 0 Å². The molecule has 0 aromatic carbocycles. The van der Waals surface area contributed by atoms with Crippen LogP contribution < -0.4 is 10.6 Å². The van der Waals surface area contributed by atoms with Gasteiger partial charge in [0.2, 0.25) is 0 Å². The Morgan fingerprint density at radius 3 is 2.26 bits per heavy atom. The van der Waals surface area contributed by atoms with E-state index in [1.165, 1.54) is 0 Å². The van der Waals surface area contributed by atoms with Crippen LogP contribution in [0.2, 0.25) is 0 Å². The molecule has 0 rings (SSSR count). The number of alkyl carbamates (subject to hydrolysis) is 1. The average molecular weight is 272 g/mol. The summed E-state index contributed by atoms with van der Waals surface area (Å²) < 4.78 is 5.10. The Morgan fingerprint density at radius 1 is 1.16 bits per heavy atom. The molecule has 5 nitrogen and oxygen atoms in total. The van der Waals surface area contributed by atoms with E-state index in [4.69, 9.17) is 9.84 Å². The summed E-state index contributed by atoms with van der Waals surface area (Å²) in [5.74, 6) is 0. The Morgan fingerprint density at radius 2 is 1.74 bits per heavy atom. The summed E-state index contributed by atoms with van der Waals surface area (Å²) in [7, 11) is 0. The van der Waals surface area contributed by atoms with Crippen molar-refractivity contribution in [1.29, 1.82) is 0 Å². The minimum Gasteiger partial charge on any atom is -0.444 e. The second-order valence-corrected chi connectivity index (χ2v) is 6.31. The van der Waals surface area contributed by atoms with Gasteiger partial charge in [-0.3, -0.25) is 0 Å². The largest absolute Gasteiger partial charge is 0.444 e. The third-order valence-corrected chi connectivity index (χ3v) is 2.22. The van der Waals surface area contributed by atoms with Crippen molar-refractivity contribution in [3.63, 3.8) is 0 Å². The normalized spacial score (nSPS) is 12.7. The first kappa shape index (κ1) is 17.9. The Bertz CT molecular complexity index is 294. The zero-order chi connectivity index (χ0) is 14.9. The fraction of sp³-hybridized carbons (Fsp3) is 0.786. The standard InChI is InChI=1S/C14H28N2O3/c1-13(2,3)19-12(18)16-9-7-6-8-15-10-14(4,5)11-17/h6-7,15,17H,8-11H2,1-5H3,(H,16,18)/b7-6+. The highest BCUT2D eigenvalue weighted by Gasteiger charge is 2.15. The lowest BCUT2D eigenvalue weighted by Crippen LogP contribution is -2.33. The van der Waals surface area contributed by atoms with Crippen molar-refractivity contribution in [2.24, 2.45) is 5.41 Å². The molecule has 5 heteroatoms. The molecular weight excluding hydrogens is 244 g/mol. The van der Waals surface area contributed by atoms with E-state index in [1.807, 2.05) is 46.8 Å². The van der Waals surface area contributed by atoms with Crippen LogP contribution in [0.5, 0.6) is 0 Å². The van der Waals surface area contributed by atoms with Crippen molar-refractivity contribution in [1.82, 2.24) is 10.6 Å². The monoisotopic (exact) mass is 272 g/mol. The molecule has 112 valence electrons. The number of hydrogen-bond donors (Lipinski definition) is 3. The van der Waals surface area contributed by atoms with Crippen LogP contribution in [0, 0.1) is 5.41 Å². The van der Waals surface area contributed by atoms with Crippen LogP contribution in [0.1, 0.15) is 34.6 Å². The van der Waals surface area contributed by atoms with E-state index in [0.717, 1.165) is 6.54 Å². The molecule has 0 aliphatic heterocycles. The van der Waals surface area contributed by atoms with Crippen LogP contribution in [0.4, 0.5) is 4.79 Å². The molecule has 0 aromatic heterocycles. The molecule has 0 spiro atoms. The molecule has 0 fully saturated rings. The Hall–Kier alpha value is -1.07. The molecule has 0 atom stereocenters. The smallest absolute Gasteiger partial charge is 0.407 e. The molecule has 0 bridgehead atoms. The number of carbonyl (C=O) groups excluding carboxylic acids is 1. The third-order valence-electron chi connectivity index (χ3n) is 2.22. The van der Waals surface area contributed by atoms with Crippen LogP contribution in [0.3, 0.4) is 0 Å². The van der Waals surface area contributed by atoms with Gasteiger partial charge < -0.3 is 20.5 Å². The Labute approximate surface area is 116 Å². The van der Waals surface area contributed by atoms with Crippen molar-refractivity contribution < 1.29 is 14.6 Å². The highest BCUT2D eigenvalue weighted by molar-refractivity contribution is 5.67. The summed E-state index contributed by atoms with van der Waals surface area (Å²) in [6, 6.07) is 0. The fourth-order valence-electron chi connectivity index (χ4n) is 1.17. The van der Waals surface area contributed by atoms with Crippen LogP contribution in [0.25, 0.3) is 0 Å². The second-order valence-electron chi connectivity index (χ2n) is 6.31. The van der Waals surface area contributed by atoms with E-state index in [0.29, 0.717) is 13.1 Å². The van der Waals surface area contributed by atoms with E-state index in [9.17, 15) is 4.79 Å². The highest BCUT2D eigenvalue weighted by atomic mass is 16.6. The third kappa shape index (κ3) is 11.7. The molecule has 0 unspecified atom stereocenters. The van der Waals surface area contributed by atoms with E-state index >= 15 is 0 Å². The lowest BCUT2D eigenvalue weighted by molar-refractivity contribution is 0.0534. The zero-order valence-electron chi connectivity index (χ0n) is 12.7. The molecule has 0 aromatic rings. The van der Waals surface area contributed by atoms with E-state index < -0.39 is 11.7 Å². The lowest BCUT2D eigenvalue weighted by atomic mass is 9.95. The first-order chi connectivity index (χ1) is 8.66. The number of aliphatic hydroxyl groups excluding tert-OH is 1. The van der Waals surface area contributed by atoms with Gasteiger partial charge in [-0.1, -0.05) is 26.0 Å².